The van der Waals surface area contributed by atoms with Crippen molar-refractivity contribution in [3.05, 3.63) is 59.3 Å². The number of fused-ring (bicyclic) bond motifs is 2. The van der Waals surface area contributed by atoms with Gasteiger partial charge >= 0.3 is 5.69 Å². The number of para-hydroxylation sites is 2. The van der Waals surface area contributed by atoms with E-state index in [1.165, 1.54) is 0 Å². The van der Waals surface area contributed by atoms with Crippen LogP contribution in [0.5, 0.6) is 0 Å². The summed E-state index contributed by atoms with van der Waals surface area (Å²) in [5.74, 6) is 0. The highest BCUT2D eigenvalue weighted by molar-refractivity contribution is 5.80. The fourth-order valence-corrected chi connectivity index (χ4v) is 2.34. The molecule has 4 rings (SSSR count). The first-order valence-electron chi connectivity index (χ1n) is 5.96. The van der Waals surface area contributed by atoms with Crippen LogP contribution in [0.3, 0.4) is 0 Å². The van der Waals surface area contributed by atoms with E-state index in [0.717, 1.165) is 27.8 Å². The minimum absolute atomic E-state index is 0.192. The lowest BCUT2D eigenvalue weighted by atomic mass is 10.2. The number of hydrogen-bond donors (Lipinski definition) is 2. The number of aromatic nitrogens is 4. The van der Waals surface area contributed by atoms with E-state index in [9.17, 15) is 4.79 Å². The highest BCUT2D eigenvalue weighted by Gasteiger charge is 2.05. The van der Waals surface area contributed by atoms with Crippen LogP contribution in [-0.4, -0.2) is 19.5 Å². The first-order valence-corrected chi connectivity index (χ1v) is 5.96. The van der Waals surface area contributed by atoms with Gasteiger partial charge in [0.2, 0.25) is 0 Å². The van der Waals surface area contributed by atoms with Crippen LogP contribution < -0.4 is 5.69 Å². The van der Waals surface area contributed by atoms with E-state index in [4.69, 9.17) is 0 Å². The molecule has 0 saturated carbocycles. The van der Waals surface area contributed by atoms with Gasteiger partial charge in [-0.05, 0) is 30.3 Å². The normalized spacial score (nSPS) is 11.4. The van der Waals surface area contributed by atoms with Crippen molar-refractivity contribution in [2.75, 3.05) is 0 Å². The van der Waals surface area contributed by atoms with Crippen molar-refractivity contribution in [2.24, 2.45) is 0 Å². The minimum atomic E-state index is -0.192. The third-order valence-electron chi connectivity index (χ3n) is 3.23. The van der Waals surface area contributed by atoms with Gasteiger partial charge in [-0.1, -0.05) is 12.1 Å². The molecule has 5 nitrogen and oxygen atoms in total. The van der Waals surface area contributed by atoms with Crippen LogP contribution in [0.25, 0.3) is 27.8 Å². The van der Waals surface area contributed by atoms with Gasteiger partial charge in [0.05, 0.1) is 22.1 Å². The van der Waals surface area contributed by atoms with Gasteiger partial charge in [0.1, 0.15) is 6.33 Å². The molecule has 0 saturated heterocycles. The molecule has 0 atom stereocenters. The molecule has 2 heterocycles. The van der Waals surface area contributed by atoms with Gasteiger partial charge in [-0.25, -0.2) is 9.78 Å². The molecule has 19 heavy (non-hydrogen) atoms. The van der Waals surface area contributed by atoms with Gasteiger partial charge in [0, 0.05) is 5.69 Å². The summed E-state index contributed by atoms with van der Waals surface area (Å²) in [7, 11) is 0. The second-order valence-corrected chi connectivity index (χ2v) is 4.41. The Morgan fingerprint density at radius 1 is 1.00 bits per heavy atom. The average Bonchev–Trinajstić information content (AvgIpc) is 2.99. The van der Waals surface area contributed by atoms with Gasteiger partial charge in [-0.15, -0.1) is 0 Å². The lowest BCUT2D eigenvalue weighted by Crippen LogP contribution is -1.99. The van der Waals surface area contributed by atoms with Gasteiger partial charge in [-0.3, -0.25) is 4.57 Å². The second kappa shape index (κ2) is 3.58. The van der Waals surface area contributed by atoms with Crippen molar-refractivity contribution in [3.8, 4) is 5.69 Å². The van der Waals surface area contributed by atoms with Crippen molar-refractivity contribution in [3.63, 3.8) is 0 Å². The van der Waals surface area contributed by atoms with E-state index >= 15 is 0 Å². The van der Waals surface area contributed by atoms with Crippen molar-refractivity contribution in [2.45, 2.75) is 0 Å². The summed E-state index contributed by atoms with van der Waals surface area (Å²) in [6, 6.07) is 13.7. The molecule has 0 aliphatic rings. The number of H-pyrrole nitrogens is 2. The summed E-state index contributed by atoms with van der Waals surface area (Å²) in [5, 5.41) is 0. The van der Waals surface area contributed by atoms with Crippen LogP contribution in [0.2, 0.25) is 0 Å². The Labute approximate surface area is 107 Å². The maximum absolute atomic E-state index is 11.3. The molecule has 5 heteroatoms. The molecule has 4 aromatic rings. The largest absolute Gasteiger partial charge is 0.323 e. The van der Waals surface area contributed by atoms with Gasteiger partial charge in [0.15, 0.2) is 0 Å². The zero-order valence-corrected chi connectivity index (χ0v) is 9.92. The van der Waals surface area contributed by atoms with Crippen LogP contribution in [0.15, 0.2) is 53.6 Å². The predicted octanol–water partition coefficient (Wildman–Crippen LogP) is 2.20. The first kappa shape index (κ1) is 10.1. The Bertz CT molecular complexity index is 945. The fraction of sp³-hybridized carbons (Fsp3) is 0. The molecule has 0 amide bonds. The SMILES string of the molecule is O=c1[nH]c2ccc(-n3cnc4ccccc43)cc2[nH]1. The highest BCUT2D eigenvalue weighted by atomic mass is 16.1. The zero-order chi connectivity index (χ0) is 12.8. The van der Waals surface area contributed by atoms with Gasteiger partial charge in [-0.2, -0.15) is 0 Å². The molecular formula is C14H10N4O. The van der Waals surface area contributed by atoms with Crippen LogP contribution in [0.1, 0.15) is 0 Å². The summed E-state index contributed by atoms with van der Waals surface area (Å²) >= 11 is 0. The average molecular weight is 250 g/mol. The Balaban J connectivity index is 2.00. The number of nitrogens with one attached hydrogen (secondary N) is 2. The minimum Gasteiger partial charge on any atom is -0.306 e. The molecule has 0 radical (unpaired) electrons. The standard InChI is InChI=1S/C14H10N4O/c19-14-16-10-6-5-9(7-12(10)17-14)18-8-15-11-3-1-2-4-13(11)18/h1-8H,(H2,16,17,19). The lowest BCUT2D eigenvalue weighted by molar-refractivity contribution is 1.09. The van der Waals surface area contributed by atoms with E-state index in [-0.39, 0.29) is 5.69 Å². The van der Waals surface area contributed by atoms with Crippen molar-refractivity contribution in [1.82, 2.24) is 19.5 Å². The molecule has 0 bridgehead atoms. The Morgan fingerprint density at radius 3 is 2.79 bits per heavy atom. The number of rotatable bonds is 1. The number of hydrogen-bond acceptors (Lipinski definition) is 2. The number of imidazole rings is 2. The Morgan fingerprint density at radius 2 is 1.84 bits per heavy atom. The smallest absolute Gasteiger partial charge is 0.306 e. The molecule has 0 aliphatic carbocycles. The predicted molar refractivity (Wildman–Crippen MR) is 73.5 cm³/mol. The van der Waals surface area contributed by atoms with E-state index < -0.39 is 0 Å². The highest BCUT2D eigenvalue weighted by Crippen LogP contribution is 2.20. The number of aromatic amines is 2. The van der Waals surface area contributed by atoms with Crippen LogP contribution in [0, 0.1) is 0 Å². The molecular weight excluding hydrogens is 240 g/mol. The third-order valence-corrected chi connectivity index (χ3v) is 3.23. The van der Waals surface area contributed by atoms with E-state index in [0.29, 0.717) is 0 Å². The van der Waals surface area contributed by atoms with E-state index in [1.54, 1.807) is 6.33 Å². The van der Waals surface area contributed by atoms with Crippen molar-refractivity contribution < 1.29 is 0 Å². The summed E-state index contributed by atoms with van der Waals surface area (Å²) in [5.41, 5.74) is 4.36. The summed E-state index contributed by atoms with van der Waals surface area (Å²) in [4.78, 5) is 21.1. The molecule has 2 aromatic heterocycles. The first-order chi connectivity index (χ1) is 9.31. The number of benzene rings is 2. The van der Waals surface area contributed by atoms with Crippen LogP contribution >= 0.6 is 0 Å². The monoisotopic (exact) mass is 250 g/mol. The Kier molecular flexibility index (Phi) is 1.91. The summed E-state index contributed by atoms with van der Waals surface area (Å²) in [6.45, 7) is 0. The topological polar surface area (TPSA) is 66.5 Å². The van der Waals surface area contributed by atoms with Gasteiger partial charge in [0.25, 0.3) is 0 Å². The lowest BCUT2D eigenvalue weighted by Gasteiger charge is -2.03. The fourth-order valence-electron chi connectivity index (χ4n) is 2.34. The molecule has 2 N–H and O–H groups in total. The molecule has 0 fully saturated rings. The summed E-state index contributed by atoms with van der Waals surface area (Å²) < 4.78 is 2.00. The van der Waals surface area contributed by atoms with Gasteiger partial charge < -0.3 is 9.97 Å². The van der Waals surface area contributed by atoms with Crippen molar-refractivity contribution in [1.29, 1.82) is 0 Å². The molecule has 0 aliphatic heterocycles. The number of nitrogens with zero attached hydrogens (tertiary/aromatic N) is 2. The summed E-state index contributed by atoms with van der Waals surface area (Å²) in [6.07, 6.45) is 1.79. The molecule has 0 unspecified atom stereocenters. The van der Waals surface area contributed by atoms with E-state index in [2.05, 4.69) is 15.0 Å². The van der Waals surface area contributed by atoms with Crippen LogP contribution in [0.4, 0.5) is 0 Å². The maximum Gasteiger partial charge on any atom is 0.323 e. The van der Waals surface area contributed by atoms with Crippen LogP contribution in [-0.2, 0) is 0 Å². The van der Waals surface area contributed by atoms with Crippen molar-refractivity contribution >= 4 is 22.1 Å². The zero-order valence-electron chi connectivity index (χ0n) is 9.92. The molecule has 0 spiro atoms. The van der Waals surface area contributed by atoms with E-state index in [1.807, 2.05) is 47.0 Å². The second-order valence-electron chi connectivity index (χ2n) is 4.41. The Hall–Kier alpha value is -2.82. The molecule has 2 aromatic carbocycles. The third kappa shape index (κ3) is 1.48. The molecule has 92 valence electrons. The maximum atomic E-state index is 11.3. The quantitative estimate of drug-likeness (QED) is 0.544.